The van der Waals surface area contributed by atoms with Gasteiger partial charge in [-0.25, -0.2) is 0 Å². The minimum Gasteiger partial charge on any atom is -0.414 e. The molecule has 1 nitrogen and oxygen atoms in total. The molecule has 0 heterocycles. The summed E-state index contributed by atoms with van der Waals surface area (Å²) in [5.41, 5.74) is 3.42. The number of hydrogen-bond donors (Lipinski definition) is 0. The lowest BCUT2D eigenvalue weighted by molar-refractivity contribution is 0.276. The largest absolute Gasteiger partial charge is 0.414 e. The first kappa shape index (κ1) is 15.7. The van der Waals surface area contributed by atoms with Crippen molar-refractivity contribution in [2.24, 2.45) is 5.92 Å². The number of allylic oxidation sites excluding steroid dienone is 2. The highest BCUT2D eigenvalue weighted by atomic mass is 28.4. The van der Waals surface area contributed by atoms with Crippen LogP contribution in [-0.2, 0) is 4.43 Å². The normalized spacial score (nSPS) is 13.3. The Bertz CT molecular complexity index is 227. The molecule has 0 radical (unpaired) electrons. The zero-order valence-corrected chi connectivity index (χ0v) is 12.7. The summed E-state index contributed by atoms with van der Waals surface area (Å²) in [5.74, 6) is 0.755. The van der Waals surface area contributed by atoms with Gasteiger partial charge in [-0.1, -0.05) is 24.3 Å². The molecule has 0 saturated carbocycles. The molecule has 1 atom stereocenters. The van der Waals surface area contributed by atoms with Crippen LogP contribution in [0.1, 0.15) is 40.0 Å². The van der Waals surface area contributed by atoms with Gasteiger partial charge in [0, 0.05) is 6.61 Å². The van der Waals surface area contributed by atoms with Gasteiger partial charge < -0.3 is 4.43 Å². The number of hydrogen-bond acceptors (Lipinski definition) is 1. The third-order valence-electron chi connectivity index (χ3n) is 2.79. The zero-order chi connectivity index (χ0) is 12.6. The van der Waals surface area contributed by atoms with Crippen molar-refractivity contribution in [1.82, 2.24) is 0 Å². The van der Waals surface area contributed by atoms with E-state index in [-0.39, 0.29) is 0 Å². The molecule has 0 fully saturated rings. The average molecular weight is 240 g/mol. The minimum absolute atomic E-state index is 0.755. The second kappa shape index (κ2) is 7.85. The Morgan fingerprint density at radius 2 is 1.94 bits per heavy atom. The fraction of sp³-hybridized carbons (Fsp3) is 0.714. The first-order valence-electron chi connectivity index (χ1n) is 6.28. The highest BCUT2D eigenvalue weighted by Gasteiger charge is 2.17. The van der Waals surface area contributed by atoms with Gasteiger partial charge in [0.25, 0.3) is 0 Å². The van der Waals surface area contributed by atoms with Crippen LogP contribution in [0.5, 0.6) is 0 Å². The summed E-state index contributed by atoms with van der Waals surface area (Å²) >= 11 is 0. The molecule has 0 bridgehead atoms. The molecule has 1 unspecified atom stereocenters. The molecular weight excluding hydrogens is 212 g/mol. The molecule has 0 N–H and O–H groups in total. The third-order valence-corrected chi connectivity index (χ3v) is 4.72. The van der Waals surface area contributed by atoms with Gasteiger partial charge in [-0.05, 0) is 52.1 Å². The molecule has 0 aliphatic carbocycles. The molecule has 0 spiro atoms. The number of rotatable bonds is 8. The van der Waals surface area contributed by atoms with Crippen LogP contribution in [0.25, 0.3) is 0 Å². The Labute approximate surface area is 103 Å². The van der Waals surface area contributed by atoms with E-state index in [1.54, 1.807) is 0 Å². The van der Waals surface area contributed by atoms with E-state index < -0.39 is 8.32 Å². The molecule has 0 saturated heterocycles. The average Bonchev–Trinajstić information content (AvgIpc) is 2.17. The van der Waals surface area contributed by atoms with Crippen molar-refractivity contribution in [3.8, 4) is 0 Å². The summed E-state index contributed by atoms with van der Waals surface area (Å²) in [5, 5.41) is 0. The van der Waals surface area contributed by atoms with Crippen molar-refractivity contribution in [3.05, 3.63) is 23.9 Å². The lowest BCUT2D eigenvalue weighted by Crippen LogP contribution is -2.28. The maximum Gasteiger partial charge on any atom is 0.210 e. The Kier molecular flexibility index (Phi) is 7.69. The highest BCUT2D eigenvalue weighted by molar-refractivity contribution is 6.76. The second-order valence-corrected chi connectivity index (χ2v) is 9.31. The van der Waals surface area contributed by atoms with Gasteiger partial charge in [-0.3, -0.25) is 0 Å². The van der Waals surface area contributed by atoms with Gasteiger partial charge in [0.1, 0.15) is 0 Å². The smallest absolute Gasteiger partial charge is 0.210 e. The zero-order valence-electron chi connectivity index (χ0n) is 11.7. The van der Waals surface area contributed by atoms with E-state index in [2.05, 4.69) is 46.5 Å². The molecule has 0 amide bonds. The monoisotopic (exact) mass is 240 g/mol. The van der Waals surface area contributed by atoms with Gasteiger partial charge in [0.2, 0.25) is 8.32 Å². The molecule has 94 valence electrons. The predicted molar refractivity (Wildman–Crippen MR) is 76.1 cm³/mol. The summed E-state index contributed by atoms with van der Waals surface area (Å²) in [6, 6.07) is 0. The first-order valence-corrected chi connectivity index (χ1v) is 9.27. The van der Waals surface area contributed by atoms with Gasteiger partial charge in [0.05, 0.1) is 0 Å². The van der Waals surface area contributed by atoms with E-state index in [0.717, 1.165) is 12.5 Å². The van der Waals surface area contributed by atoms with Crippen molar-refractivity contribution in [2.45, 2.75) is 53.1 Å². The summed E-state index contributed by atoms with van der Waals surface area (Å²) in [7, 11) is -1.54. The van der Waals surface area contributed by atoms with E-state index in [1.807, 2.05) is 5.70 Å². The van der Waals surface area contributed by atoms with Crippen LogP contribution < -0.4 is 0 Å². The summed E-state index contributed by atoms with van der Waals surface area (Å²) in [6.07, 6.45) is 5.96. The molecule has 0 aliphatic rings. The minimum atomic E-state index is -1.54. The van der Waals surface area contributed by atoms with Crippen LogP contribution in [0.3, 0.4) is 0 Å². The van der Waals surface area contributed by atoms with Gasteiger partial charge in [-0.2, -0.15) is 0 Å². The van der Waals surface area contributed by atoms with Crippen molar-refractivity contribution in [2.75, 3.05) is 6.61 Å². The van der Waals surface area contributed by atoms with E-state index >= 15 is 0 Å². The molecule has 0 aliphatic heterocycles. The molecule has 0 aromatic carbocycles. The van der Waals surface area contributed by atoms with Crippen LogP contribution in [-0.4, -0.2) is 14.9 Å². The lowest BCUT2D eigenvalue weighted by Gasteiger charge is -2.19. The maximum atomic E-state index is 5.88. The molecule has 0 aromatic rings. The quantitative estimate of drug-likeness (QED) is 0.441. The van der Waals surface area contributed by atoms with Crippen LogP contribution in [0.15, 0.2) is 23.9 Å². The fourth-order valence-corrected chi connectivity index (χ4v) is 2.14. The van der Waals surface area contributed by atoms with E-state index in [9.17, 15) is 0 Å². The molecule has 0 rings (SSSR count). The Hall–Kier alpha value is -0.343. The van der Waals surface area contributed by atoms with E-state index in [0.29, 0.717) is 0 Å². The molecule has 2 heteroatoms. The van der Waals surface area contributed by atoms with E-state index in [4.69, 9.17) is 4.43 Å². The Morgan fingerprint density at radius 3 is 2.44 bits per heavy atom. The van der Waals surface area contributed by atoms with Crippen molar-refractivity contribution in [3.63, 3.8) is 0 Å². The summed E-state index contributed by atoms with van der Waals surface area (Å²) < 4.78 is 5.88. The Morgan fingerprint density at radius 1 is 1.31 bits per heavy atom. The van der Waals surface area contributed by atoms with Crippen molar-refractivity contribution in [1.29, 1.82) is 0 Å². The molecule has 0 aromatic heterocycles. The SMILES string of the molecule is C=C[Si](C)(C)OCCC(C)CCC=C(C)C. The second-order valence-electron chi connectivity index (χ2n) is 5.41. The molecule has 16 heavy (non-hydrogen) atoms. The third kappa shape index (κ3) is 8.92. The van der Waals surface area contributed by atoms with Crippen molar-refractivity contribution >= 4 is 8.32 Å². The lowest BCUT2D eigenvalue weighted by atomic mass is 10.0. The van der Waals surface area contributed by atoms with E-state index in [1.165, 1.54) is 24.8 Å². The fourth-order valence-electron chi connectivity index (χ4n) is 1.38. The topological polar surface area (TPSA) is 9.23 Å². The van der Waals surface area contributed by atoms with Crippen LogP contribution in [0, 0.1) is 5.92 Å². The maximum absolute atomic E-state index is 5.88. The summed E-state index contributed by atoms with van der Waals surface area (Å²) in [4.78, 5) is 0. The van der Waals surface area contributed by atoms with Crippen LogP contribution in [0.2, 0.25) is 13.1 Å². The van der Waals surface area contributed by atoms with Crippen molar-refractivity contribution < 1.29 is 4.43 Å². The summed E-state index contributed by atoms with van der Waals surface area (Å²) in [6.45, 7) is 15.7. The predicted octanol–water partition coefficient (Wildman–Crippen LogP) is 4.71. The highest BCUT2D eigenvalue weighted by Crippen LogP contribution is 2.14. The molecular formula is C14H28OSi. The first-order chi connectivity index (χ1) is 7.37. The Balaban J connectivity index is 3.62. The van der Waals surface area contributed by atoms with Gasteiger partial charge >= 0.3 is 0 Å². The standard InChI is InChI=1S/C14H28OSi/c1-7-16(5,6)15-12-11-14(4)10-8-9-13(2)3/h7,9,14H,1,8,10-12H2,2-6H3. The van der Waals surface area contributed by atoms with Gasteiger partial charge in [-0.15, -0.1) is 6.58 Å². The van der Waals surface area contributed by atoms with Crippen LogP contribution >= 0.6 is 0 Å². The van der Waals surface area contributed by atoms with Gasteiger partial charge in [0.15, 0.2) is 0 Å². The van der Waals surface area contributed by atoms with Crippen LogP contribution in [0.4, 0.5) is 0 Å².